The Morgan fingerprint density at radius 1 is 1.55 bits per heavy atom. The number of rotatable bonds is 5. The molecule has 1 amide bonds. The molecule has 0 bridgehead atoms. The Balaban J connectivity index is 1.95. The van der Waals surface area contributed by atoms with E-state index in [-0.39, 0.29) is 5.91 Å². The van der Waals surface area contributed by atoms with Gasteiger partial charge in [-0.15, -0.1) is 5.10 Å². The van der Waals surface area contributed by atoms with Gasteiger partial charge in [0.1, 0.15) is 0 Å². The van der Waals surface area contributed by atoms with Crippen LogP contribution in [0.3, 0.4) is 0 Å². The molecule has 1 unspecified atom stereocenters. The molecule has 1 aromatic heterocycles. The van der Waals surface area contributed by atoms with Crippen LogP contribution in [0.4, 0.5) is 0 Å². The van der Waals surface area contributed by atoms with Crippen molar-refractivity contribution in [2.45, 2.75) is 45.7 Å². The van der Waals surface area contributed by atoms with Crippen LogP contribution in [0.15, 0.2) is 6.20 Å². The van der Waals surface area contributed by atoms with Crippen LogP contribution in [0.2, 0.25) is 0 Å². The van der Waals surface area contributed by atoms with Gasteiger partial charge in [0.25, 0.3) is 5.91 Å². The van der Waals surface area contributed by atoms with Crippen LogP contribution in [0.5, 0.6) is 0 Å². The van der Waals surface area contributed by atoms with Gasteiger partial charge in [0.2, 0.25) is 0 Å². The largest absolute Gasteiger partial charge is 0.336 e. The maximum atomic E-state index is 12.4. The molecule has 6 heteroatoms. The highest BCUT2D eigenvalue weighted by molar-refractivity contribution is 5.92. The summed E-state index contributed by atoms with van der Waals surface area (Å²) in [5.74, 6) is 0.623. The summed E-state index contributed by atoms with van der Waals surface area (Å²) in [7, 11) is 1.95. The highest BCUT2D eigenvalue weighted by Gasteiger charge is 2.25. The third-order valence-electron chi connectivity index (χ3n) is 3.81. The van der Waals surface area contributed by atoms with Gasteiger partial charge in [0.05, 0.1) is 6.20 Å². The molecule has 2 rings (SSSR count). The number of amides is 1. The Bertz CT molecular complexity index is 443. The van der Waals surface area contributed by atoms with Crippen LogP contribution in [0.1, 0.15) is 43.6 Å². The van der Waals surface area contributed by atoms with Crippen molar-refractivity contribution in [2.24, 2.45) is 5.92 Å². The number of piperidine rings is 1. The third-order valence-corrected chi connectivity index (χ3v) is 3.81. The van der Waals surface area contributed by atoms with Crippen LogP contribution < -0.4 is 5.32 Å². The molecule has 0 aliphatic carbocycles. The van der Waals surface area contributed by atoms with Crippen molar-refractivity contribution in [3.8, 4) is 0 Å². The predicted octanol–water partition coefficient (Wildman–Crippen LogP) is 1.15. The second-order valence-corrected chi connectivity index (χ2v) is 5.93. The van der Waals surface area contributed by atoms with E-state index >= 15 is 0 Å². The van der Waals surface area contributed by atoms with Crippen LogP contribution in [-0.4, -0.2) is 52.0 Å². The first kappa shape index (κ1) is 15.0. The first-order valence-corrected chi connectivity index (χ1v) is 7.47. The highest BCUT2D eigenvalue weighted by atomic mass is 16.2. The Hall–Kier alpha value is -1.43. The summed E-state index contributed by atoms with van der Waals surface area (Å²) in [4.78, 5) is 14.3. The lowest BCUT2D eigenvalue weighted by molar-refractivity contribution is 0.0692. The van der Waals surface area contributed by atoms with E-state index in [9.17, 15) is 4.79 Å². The smallest absolute Gasteiger partial charge is 0.276 e. The minimum absolute atomic E-state index is 0.000692. The highest BCUT2D eigenvalue weighted by Crippen LogP contribution is 2.12. The molecule has 6 nitrogen and oxygen atoms in total. The lowest BCUT2D eigenvalue weighted by Gasteiger charge is -2.31. The molecule has 1 N–H and O–H groups in total. The molecule has 0 spiro atoms. The fourth-order valence-corrected chi connectivity index (χ4v) is 2.46. The normalized spacial score (nSPS) is 19.6. The fourth-order valence-electron chi connectivity index (χ4n) is 2.46. The van der Waals surface area contributed by atoms with E-state index < -0.39 is 0 Å². The van der Waals surface area contributed by atoms with E-state index in [0.29, 0.717) is 17.7 Å². The van der Waals surface area contributed by atoms with E-state index in [1.54, 1.807) is 10.9 Å². The van der Waals surface area contributed by atoms with Crippen molar-refractivity contribution in [3.05, 3.63) is 11.9 Å². The monoisotopic (exact) mass is 279 g/mol. The van der Waals surface area contributed by atoms with E-state index in [2.05, 4.69) is 29.5 Å². The molecule has 0 radical (unpaired) electrons. The van der Waals surface area contributed by atoms with Gasteiger partial charge < -0.3 is 10.2 Å². The summed E-state index contributed by atoms with van der Waals surface area (Å²) in [6.07, 6.45) is 4.98. The van der Waals surface area contributed by atoms with E-state index in [1.807, 2.05) is 11.9 Å². The number of nitrogens with zero attached hydrogens (tertiary/aromatic N) is 4. The molecular formula is C14H25N5O. The maximum absolute atomic E-state index is 12.4. The number of aryl methyl sites for hydroxylation is 1. The summed E-state index contributed by atoms with van der Waals surface area (Å²) in [6.45, 7) is 6.74. The summed E-state index contributed by atoms with van der Waals surface area (Å²) in [5.41, 5.74) is 0.463. The van der Waals surface area contributed by atoms with Gasteiger partial charge in [-0.25, -0.2) is 0 Å². The summed E-state index contributed by atoms with van der Waals surface area (Å²) in [6, 6.07) is 0.392. The van der Waals surface area contributed by atoms with Gasteiger partial charge in [-0.3, -0.25) is 9.48 Å². The average molecular weight is 279 g/mol. The fraction of sp³-hybridized carbons (Fsp3) is 0.786. The van der Waals surface area contributed by atoms with Crippen molar-refractivity contribution < 1.29 is 4.79 Å². The van der Waals surface area contributed by atoms with Crippen molar-refractivity contribution >= 4 is 5.91 Å². The third kappa shape index (κ3) is 3.79. The lowest BCUT2D eigenvalue weighted by Crippen LogP contribution is -2.47. The minimum atomic E-state index is 0.000692. The number of likely N-dealkylation sites (tertiary alicyclic amines) is 1. The van der Waals surface area contributed by atoms with Gasteiger partial charge in [0.15, 0.2) is 5.69 Å². The number of carbonyl (C=O) groups excluding carboxylic acids is 1. The molecule has 0 saturated carbocycles. The van der Waals surface area contributed by atoms with Gasteiger partial charge in [-0.1, -0.05) is 19.1 Å². The molecule has 1 aliphatic heterocycles. The summed E-state index contributed by atoms with van der Waals surface area (Å²) in [5, 5.41) is 11.3. The minimum Gasteiger partial charge on any atom is -0.336 e. The standard InChI is InChI=1S/C14H25N5O/c1-11(2)6-8-19-10-13(16-17-19)14(20)18-7-4-5-12(9-18)15-3/h10-12,15H,4-9H2,1-3H3. The first-order valence-electron chi connectivity index (χ1n) is 7.47. The zero-order valence-corrected chi connectivity index (χ0v) is 12.7. The van der Waals surface area contributed by atoms with E-state index in [1.165, 1.54) is 0 Å². The molecule has 1 saturated heterocycles. The molecule has 1 aromatic rings. The number of nitrogens with one attached hydrogen (secondary N) is 1. The average Bonchev–Trinajstić information content (AvgIpc) is 2.93. The second-order valence-electron chi connectivity index (χ2n) is 5.93. The molecule has 112 valence electrons. The van der Waals surface area contributed by atoms with Crippen LogP contribution in [0.25, 0.3) is 0 Å². The molecule has 20 heavy (non-hydrogen) atoms. The van der Waals surface area contributed by atoms with Crippen LogP contribution in [-0.2, 0) is 6.54 Å². The molecular weight excluding hydrogens is 254 g/mol. The Kier molecular flexibility index (Phi) is 5.11. The SMILES string of the molecule is CNC1CCCN(C(=O)c2cn(CCC(C)C)nn2)C1. The Morgan fingerprint density at radius 2 is 2.35 bits per heavy atom. The lowest BCUT2D eigenvalue weighted by atomic mass is 10.1. The van der Waals surface area contributed by atoms with Crippen molar-refractivity contribution in [2.75, 3.05) is 20.1 Å². The van der Waals surface area contributed by atoms with Gasteiger partial charge >= 0.3 is 0 Å². The zero-order chi connectivity index (χ0) is 14.5. The summed E-state index contributed by atoms with van der Waals surface area (Å²) < 4.78 is 1.77. The van der Waals surface area contributed by atoms with Gasteiger partial charge in [-0.05, 0) is 32.2 Å². The summed E-state index contributed by atoms with van der Waals surface area (Å²) >= 11 is 0. The molecule has 2 heterocycles. The van der Waals surface area contributed by atoms with Crippen molar-refractivity contribution in [1.29, 1.82) is 0 Å². The number of likely N-dealkylation sites (N-methyl/N-ethyl adjacent to an activating group) is 1. The molecule has 1 fully saturated rings. The molecule has 0 aromatic carbocycles. The van der Waals surface area contributed by atoms with Crippen LogP contribution >= 0.6 is 0 Å². The number of aromatic nitrogens is 3. The van der Waals surface area contributed by atoms with Crippen molar-refractivity contribution in [1.82, 2.24) is 25.2 Å². The Morgan fingerprint density at radius 3 is 3.05 bits per heavy atom. The number of hydrogen-bond donors (Lipinski definition) is 1. The van der Waals surface area contributed by atoms with Crippen LogP contribution in [0, 0.1) is 5.92 Å². The van der Waals surface area contributed by atoms with Gasteiger partial charge in [-0.2, -0.15) is 0 Å². The zero-order valence-electron chi connectivity index (χ0n) is 12.7. The second kappa shape index (κ2) is 6.83. The topological polar surface area (TPSA) is 63.1 Å². The number of carbonyl (C=O) groups is 1. The number of hydrogen-bond acceptors (Lipinski definition) is 4. The van der Waals surface area contributed by atoms with E-state index in [4.69, 9.17) is 0 Å². The predicted molar refractivity (Wildman–Crippen MR) is 77.5 cm³/mol. The quantitative estimate of drug-likeness (QED) is 0.878. The van der Waals surface area contributed by atoms with Crippen molar-refractivity contribution in [3.63, 3.8) is 0 Å². The van der Waals surface area contributed by atoms with Gasteiger partial charge in [0, 0.05) is 25.7 Å². The Labute approximate surface area is 120 Å². The molecule has 1 aliphatic rings. The molecule has 1 atom stereocenters. The first-order chi connectivity index (χ1) is 9.60. The maximum Gasteiger partial charge on any atom is 0.276 e. The van der Waals surface area contributed by atoms with E-state index in [0.717, 1.165) is 38.9 Å².